The van der Waals surface area contributed by atoms with E-state index in [1.165, 1.54) is 6.42 Å². The minimum Gasteiger partial charge on any atom is -0.368 e. The van der Waals surface area contributed by atoms with E-state index in [-0.39, 0.29) is 16.5 Å². The maximum atomic E-state index is 12.9. The molecule has 2 aliphatic heterocycles. The molecule has 2 fully saturated rings. The molecule has 4 rings (SSSR count). The molecule has 2 saturated heterocycles. The van der Waals surface area contributed by atoms with Crippen LogP contribution in [0.1, 0.15) is 35.2 Å². The molecule has 2 heterocycles. The van der Waals surface area contributed by atoms with Gasteiger partial charge in [-0.05, 0) is 49.9 Å². The highest BCUT2D eigenvalue weighted by molar-refractivity contribution is 5.95. The second-order valence-corrected chi connectivity index (χ2v) is 8.07. The predicted octanol–water partition coefficient (Wildman–Crippen LogP) is 3.86. The van der Waals surface area contributed by atoms with Crippen molar-refractivity contribution in [1.29, 1.82) is 0 Å². The second-order valence-electron chi connectivity index (χ2n) is 8.07. The van der Waals surface area contributed by atoms with Gasteiger partial charge < -0.3 is 14.7 Å². The number of piperazine rings is 1. The lowest BCUT2D eigenvalue weighted by molar-refractivity contribution is -0.384. The number of nitrogens with zero attached hydrogens (tertiary/aromatic N) is 4. The first-order valence-electron chi connectivity index (χ1n) is 10.7. The third-order valence-electron chi connectivity index (χ3n) is 6.16. The van der Waals surface area contributed by atoms with Gasteiger partial charge in [0.15, 0.2) is 0 Å². The number of hydrogen-bond acceptors (Lipinski definition) is 5. The lowest BCUT2D eigenvalue weighted by Gasteiger charge is -2.37. The molecule has 0 bridgehead atoms. The van der Waals surface area contributed by atoms with Crippen LogP contribution in [-0.2, 0) is 0 Å². The number of rotatable bonds is 4. The molecule has 2 aromatic carbocycles. The van der Waals surface area contributed by atoms with Gasteiger partial charge in [0.05, 0.1) is 4.92 Å². The van der Waals surface area contributed by atoms with E-state index in [2.05, 4.69) is 9.80 Å². The maximum absolute atomic E-state index is 12.9. The zero-order chi connectivity index (χ0) is 21.1. The fraction of sp³-hybridized carbons (Fsp3) is 0.435. The van der Waals surface area contributed by atoms with Gasteiger partial charge in [-0.15, -0.1) is 0 Å². The first-order valence-corrected chi connectivity index (χ1v) is 10.7. The first-order chi connectivity index (χ1) is 14.5. The molecule has 158 valence electrons. The van der Waals surface area contributed by atoms with Gasteiger partial charge in [-0.3, -0.25) is 14.9 Å². The highest BCUT2D eigenvalue weighted by atomic mass is 16.6. The quantitative estimate of drug-likeness (QED) is 0.568. The normalized spacial score (nSPS) is 17.2. The summed E-state index contributed by atoms with van der Waals surface area (Å²) in [6.07, 6.45) is 3.32. The second kappa shape index (κ2) is 8.73. The number of nitro groups is 1. The Balaban J connectivity index is 1.48. The number of piperidine rings is 1. The summed E-state index contributed by atoms with van der Waals surface area (Å²) in [5, 5.41) is 11.6. The van der Waals surface area contributed by atoms with Crippen molar-refractivity contribution in [3.8, 4) is 0 Å². The summed E-state index contributed by atoms with van der Waals surface area (Å²) in [7, 11) is 0. The first kappa shape index (κ1) is 20.2. The van der Waals surface area contributed by atoms with Gasteiger partial charge in [0, 0.05) is 56.6 Å². The highest BCUT2D eigenvalue weighted by Crippen LogP contribution is 2.34. The molecular weight excluding hydrogens is 380 g/mol. The SMILES string of the molecule is Cc1ccccc1C(=O)N1CCN(c2ccc([N+](=O)[O-])c(N3CCCCC3)c2)CC1. The number of carbonyl (C=O) groups excluding carboxylic acids is 1. The van der Waals surface area contributed by atoms with Crippen molar-refractivity contribution in [2.45, 2.75) is 26.2 Å². The Labute approximate surface area is 177 Å². The predicted molar refractivity (Wildman–Crippen MR) is 118 cm³/mol. The van der Waals surface area contributed by atoms with Crippen molar-refractivity contribution in [1.82, 2.24) is 4.90 Å². The zero-order valence-electron chi connectivity index (χ0n) is 17.4. The van der Waals surface area contributed by atoms with Crippen LogP contribution < -0.4 is 9.80 Å². The van der Waals surface area contributed by atoms with Gasteiger partial charge in [0.1, 0.15) is 5.69 Å². The van der Waals surface area contributed by atoms with Crippen molar-refractivity contribution in [2.75, 3.05) is 49.1 Å². The largest absolute Gasteiger partial charge is 0.368 e. The lowest BCUT2D eigenvalue weighted by Crippen LogP contribution is -2.49. The average Bonchev–Trinajstić information content (AvgIpc) is 2.79. The molecule has 1 amide bonds. The molecule has 0 aromatic heterocycles. The van der Waals surface area contributed by atoms with Crippen LogP contribution >= 0.6 is 0 Å². The zero-order valence-corrected chi connectivity index (χ0v) is 17.4. The van der Waals surface area contributed by atoms with E-state index < -0.39 is 0 Å². The number of hydrogen-bond donors (Lipinski definition) is 0. The molecule has 2 aromatic rings. The van der Waals surface area contributed by atoms with Crippen LogP contribution in [0.15, 0.2) is 42.5 Å². The van der Waals surface area contributed by atoms with Crippen molar-refractivity contribution in [3.05, 3.63) is 63.7 Å². The van der Waals surface area contributed by atoms with Crippen LogP contribution in [0.25, 0.3) is 0 Å². The van der Waals surface area contributed by atoms with E-state index in [4.69, 9.17) is 0 Å². The van der Waals surface area contributed by atoms with E-state index in [1.807, 2.05) is 48.2 Å². The molecule has 2 aliphatic rings. The van der Waals surface area contributed by atoms with Crippen molar-refractivity contribution >= 4 is 23.0 Å². The molecular formula is C23H28N4O3. The number of aryl methyl sites for hydroxylation is 1. The molecule has 0 aliphatic carbocycles. The Hall–Kier alpha value is -3.09. The number of nitro benzene ring substituents is 1. The maximum Gasteiger partial charge on any atom is 0.292 e. The summed E-state index contributed by atoms with van der Waals surface area (Å²) in [5.74, 6) is 0.0745. The van der Waals surface area contributed by atoms with Crippen LogP contribution in [0.3, 0.4) is 0 Å². The highest BCUT2D eigenvalue weighted by Gasteiger charge is 2.26. The number of anilines is 2. The summed E-state index contributed by atoms with van der Waals surface area (Å²) in [5.41, 5.74) is 3.63. The van der Waals surface area contributed by atoms with Gasteiger partial charge >= 0.3 is 0 Å². The summed E-state index contributed by atoms with van der Waals surface area (Å²) in [6.45, 7) is 6.41. The summed E-state index contributed by atoms with van der Waals surface area (Å²) < 4.78 is 0. The molecule has 0 saturated carbocycles. The summed E-state index contributed by atoms with van der Waals surface area (Å²) in [6, 6.07) is 13.1. The number of carbonyl (C=O) groups is 1. The van der Waals surface area contributed by atoms with Crippen LogP contribution in [0.5, 0.6) is 0 Å². The van der Waals surface area contributed by atoms with Gasteiger partial charge in [-0.1, -0.05) is 18.2 Å². The van der Waals surface area contributed by atoms with Gasteiger partial charge in [0.2, 0.25) is 0 Å². The van der Waals surface area contributed by atoms with E-state index in [1.54, 1.807) is 6.07 Å². The number of benzene rings is 2. The topological polar surface area (TPSA) is 69.9 Å². The molecule has 0 atom stereocenters. The Morgan fingerprint density at radius 3 is 2.27 bits per heavy atom. The van der Waals surface area contributed by atoms with E-state index in [0.29, 0.717) is 13.1 Å². The third-order valence-corrected chi connectivity index (χ3v) is 6.16. The Bertz CT molecular complexity index is 932. The molecule has 0 radical (unpaired) electrons. The fourth-order valence-electron chi connectivity index (χ4n) is 4.40. The van der Waals surface area contributed by atoms with E-state index in [9.17, 15) is 14.9 Å². The van der Waals surface area contributed by atoms with Crippen molar-refractivity contribution in [3.63, 3.8) is 0 Å². The summed E-state index contributed by atoms with van der Waals surface area (Å²) in [4.78, 5) is 30.4. The smallest absolute Gasteiger partial charge is 0.292 e. The van der Waals surface area contributed by atoms with Gasteiger partial charge in [0.25, 0.3) is 11.6 Å². The molecule has 7 nitrogen and oxygen atoms in total. The lowest BCUT2D eigenvalue weighted by atomic mass is 10.1. The Morgan fingerprint density at radius 1 is 0.900 bits per heavy atom. The van der Waals surface area contributed by atoms with Crippen LogP contribution in [0, 0.1) is 17.0 Å². The molecule has 30 heavy (non-hydrogen) atoms. The Kier molecular flexibility index (Phi) is 5.88. The Morgan fingerprint density at radius 2 is 1.60 bits per heavy atom. The molecule has 7 heteroatoms. The van der Waals surface area contributed by atoms with Crippen molar-refractivity contribution < 1.29 is 9.72 Å². The molecule has 0 spiro atoms. The van der Waals surface area contributed by atoms with E-state index in [0.717, 1.165) is 61.5 Å². The van der Waals surface area contributed by atoms with Gasteiger partial charge in [-0.25, -0.2) is 0 Å². The van der Waals surface area contributed by atoms with Crippen LogP contribution in [0.4, 0.5) is 17.1 Å². The van der Waals surface area contributed by atoms with Gasteiger partial charge in [-0.2, -0.15) is 0 Å². The number of amides is 1. The van der Waals surface area contributed by atoms with Crippen LogP contribution in [0.2, 0.25) is 0 Å². The molecule has 0 unspecified atom stereocenters. The summed E-state index contributed by atoms with van der Waals surface area (Å²) >= 11 is 0. The minimum atomic E-state index is -0.285. The van der Waals surface area contributed by atoms with Crippen LogP contribution in [-0.4, -0.2) is 55.0 Å². The monoisotopic (exact) mass is 408 g/mol. The third kappa shape index (κ3) is 4.10. The molecule has 0 N–H and O–H groups in total. The van der Waals surface area contributed by atoms with Crippen molar-refractivity contribution in [2.24, 2.45) is 0 Å². The standard InChI is InChI=1S/C23H28N4O3/c1-18-7-3-4-8-20(18)23(28)26-15-13-24(14-16-26)19-9-10-21(27(29)30)22(17-19)25-11-5-2-6-12-25/h3-4,7-10,17H,2,5-6,11-16H2,1H3. The minimum absolute atomic E-state index is 0.0745. The fourth-order valence-corrected chi connectivity index (χ4v) is 4.40. The average molecular weight is 409 g/mol. The van der Waals surface area contributed by atoms with E-state index >= 15 is 0 Å².